The SMILES string of the molecule is CCCCCCCCCCCCc1ccc(-c2ccccc2)cc1CCCCCCCCCCCC. The largest absolute Gasteiger partial charge is 0.0654 e. The van der Waals surface area contributed by atoms with Crippen molar-refractivity contribution in [3.8, 4) is 11.1 Å². The molecule has 0 nitrogen and oxygen atoms in total. The summed E-state index contributed by atoms with van der Waals surface area (Å²) in [5.41, 5.74) is 5.98. The standard InChI is InChI=1S/C36H58/c1-3-5-7-9-11-13-15-17-19-22-28-34-30-31-36(33-26-24-21-25-27-33)32-35(34)29-23-20-18-16-14-12-10-8-6-4-2/h21,24-27,30-32H,3-20,22-23,28-29H2,1-2H3. The van der Waals surface area contributed by atoms with Crippen LogP contribution in [-0.4, -0.2) is 0 Å². The summed E-state index contributed by atoms with van der Waals surface area (Å²) in [6.07, 6.45) is 30.8. The molecule has 2 aromatic carbocycles. The van der Waals surface area contributed by atoms with E-state index in [-0.39, 0.29) is 0 Å². The third kappa shape index (κ3) is 14.2. The number of benzene rings is 2. The smallest absolute Gasteiger partial charge is 0.0181 e. The van der Waals surface area contributed by atoms with E-state index in [1.54, 1.807) is 11.1 Å². The molecule has 0 saturated heterocycles. The maximum absolute atomic E-state index is 2.51. The van der Waals surface area contributed by atoms with E-state index in [1.165, 1.54) is 152 Å². The zero-order valence-corrected chi connectivity index (χ0v) is 24.2. The first kappa shape index (κ1) is 30.7. The lowest BCUT2D eigenvalue weighted by Crippen LogP contribution is -1.97. The number of hydrogen-bond donors (Lipinski definition) is 0. The molecule has 0 spiro atoms. The number of rotatable bonds is 23. The first-order valence-electron chi connectivity index (χ1n) is 16.0. The summed E-state index contributed by atoms with van der Waals surface area (Å²) in [5, 5.41) is 0. The molecule has 0 unspecified atom stereocenters. The minimum absolute atomic E-state index is 1.25. The van der Waals surface area contributed by atoms with Crippen molar-refractivity contribution in [3.63, 3.8) is 0 Å². The predicted molar refractivity (Wildman–Crippen MR) is 163 cm³/mol. The summed E-state index contributed by atoms with van der Waals surface area (Å²) in [6, 6.07) is 18.3. The molecular formula is C36H58. The van der Waals surface area contributed by atoms with Crippen molar-refractivity contribution in [1.29, 1.82) is 0 Å². The predicted octanol–water partition coefficient (Wildman–Crippen LogP) is 12.3. The van der Waals surface area contributed by atoms with Crippen LogP contribution in [0.15, 0.2) is 48.5 Å². The Morgan fingerprint density at radius 3 is 1.25 bits per heavy atom. The van der Waals surface area contributed by atoms with Gasteiger partial charge in [0, 0.05) is 0 Å². The molecule has 0 saturated carbocycles. The molecule has 0 aliphatic carbocycles. The Morgan fingerprint density at radius 1 is 0.361 bits per heavy atom. The van der Waals surface area contributed by atoms with E-state index in [0.717, 1.165) is 0 Å². The van der Waals surface area contributed by atoms with Gasteiger partial charge in [0.05, 0.1) is 0 Å². The van der Waals surface area contributed by atoms with Crippen LogP contribution in [0.5, 0.6) is 0 Å². The van der Waals surface area contributed by atoms with E-state index in [0.29, 0.717) is 0 Å². The van der Waals surface area contributed by atoms with Crippen LogP contribution in [0.4, 0.5) is 0 Å². The van der Waals surface area contributed by atoms with Gasteiger partial charge < -0.3 is 0 Å². The van der Waals surface area contributed by atoms with Crippen molar-refractivity contribution in [1.82, 2.24) is 0 Å². The van der Waals surface area contributed by atoms with Gasteiger partial charge in [-0.15, -0.1) is 0 Å². The fraction of sp³-hybridized carbons (Fsp3) is 0.667. The Labute approximate surface area is 225 Å². The lowest BCUT2D eigenvalue weighted by atomic mass is 9.92. The molecular weight excluding hydrogens is 432 g/mol. The molecule has 0 amide bonds. The molecule has 0 aliphatic heterocycles. The lowest BCUT2D eigenvalue weighted by Gasteiger charge is -2.13. The first-order chi connectivity index (χ1) is 17.8. The summed E-state index contributed by atoms with van der Waals surface area (Å²) in [4.78, 5) is 0. The Kier molecular flexibility index (Phi) is 18.3. The summed E-state index contributed by atoms with van der Waals surface area (Å²) in [6.45, 7) is 4.61. The molecule has 202 valence electrons. The molecule has 0 aromatic heterocycles. The van der Waals surface area contributed by atoms with Crippen LogP contribution >= 0.6 is 0 Å². The van der Waals surface area contributed by atoms with E-state index >= 15 is 0 Å². The molecule has 36 heavy (non-hydrogen) atoms. The van der Waals surface area contributed by atoms with E-state index < -0.39 is 0 Å². The van der Waals surface area contributed by atoms with Gasteiger partial charge in [-0.3, -0.25) is 0 Å². The molecule has 0 N–H and O–H groups in total. The number of hydrogen-bond acceptors (Lipinski definition) is 0. The molecule has 0 bridgehead atoms. The van der Waals surface area contributed by atoms with Crippen LogP contribution in [0.25, 0.3) is 11.1 Å². The highest BCUT2D eigenvalue weighted by atomic mass is 14.1. The highest BCUT2D eigenvalue weighted by Crippen LogP contribution is 2.25. The van der Waals surface area contributed by atoms with Crippen molar-refractivity contribution in [2.75, 3.05) is 0 Å². The zero-order valence-electron chi connectivity index (χ0n) is 24.2. The average Bonchev–Trinajstić information content (AvgIpc) is 2.91. The highest BCUT2D eigenvalue weighted by molar-refractivity contribution is 5.64. The lowest BCUT2D eigenvalue weighted by molar-refractivity contribution is 0.553. The summed E-state index contributed by atoms with van der Waals surface area (Å²) in [5.74, 6) is 0. The zero-order chi connectivity index (χ0) is 25.5. The molecule has 0 aliphatic rings. The summed E-state index contributed by atoms with van der Waals surface area (Å²) in [7, 11) is 0. The van der Waals surface area contributed by atoms with Gasteiger partial charge in [0.25, 0.3) is 0 Å². The van der Waals surface area contributed by atoms with Crippen molar-refractivity contribution < 1.29 is 0 Å². The minimum atomic E-state index is 1.25. The van der Waals surface area contributed by atoms with E-state index in [1.807, 2.05) is 0 Å². The Hall–Kier alpha value is -1.56. The van der Waals surface area contributed by atoms with Gasteiger partial charge in [-0.05, 0) is 47.9 Å². The van der Waals surface area contributed by atoms with Gasteiger partial charge in [-0.2, -0.15) is 0 Å². The quantitative estimate of drug-likeness (QED) is 0.136. The van der Waals surface area contributed by atoms with Gasteiger partial charge in [0.2, 0.25) is 0 Å². The maximum Gasteiger partial charge on any atom is -0.0181 e. The second kappa shape index (κ2) is 21.5. The fourth-order valence-electron chi connectivity index (χ4n) is 5.52. The molecule has 0 heterocycles. The minimum Gasteiger partial charge on any atom is -0.0654 e. The Morgan fingerprint density at radius 2 is 0.778 bits per heavy atom. The maximum atomic E-state index is 2.51. The van der Waals surface area contributed by atoms with Crippen LogP contribution in [0, 0.1) is 0 Å². The Balaban J connectivity index is 1.73. The van der Waals surface area contributed by atoms with Gasteiger partial charge in [0.15, 0.2) is 0 Å². The van der Waals surface area contributed by atoms with Crippen molar-refractivity contribution >= 4 is 0 Å². The monoisotopic (exact) mass is 490 g/mol. The van der Waals surface area contributed by atoms with Crippen LogP contribution in [0.2, 0.25) is 0 Å². The molecule has 0 heteroatoms. The van der Waals surface area contributed by atoms with E-state index in [2.05, 4.69) is 62.4 Å². The van der Waals surface area contributed by atoms with Crippen LogP contribution in [0.3, 0.4) is 0 Å². The topological polar surface area (TPSA) is 0 Å². The first-order valence-corrected chi connectivity index (χ1v) is 16.0. The molecule has 0 atom stereocenters. The van der Waals surface area contributed by atoms with Gasteiger partial charge in [-0.25, -0.2) is 0 Å². The molecule has 2 rings (SSSR count). The third-order valence-corrected chi connectivity index (χ3v) is 7.91. The van der Waals surface area contributed by atoms with E-state index in [4.69, 9.17) is 0 Å². The average molecular weight is 491 g/mol. The summed E-state index contributed by atoms with van der Waals surface area (Å²) < 4.78 is 0. The van der Waals surface area contributed by atoms with Gasteiger partial charge >= 0.3 is 0 Å². The molecule has 0 fully saturated rings. The Bertz CT molecular complexity index is 744. The molecule has 0 radical (unpaired) electrons. The number of unbranched alkanes of at least 4 members (excludes halogenated alkanes) is 18. The number of aryl methyl sites for hydroxylation is 2. The highest BCUT2D eigenvalue weighted by Gasteiger charge is 2.07. The summed E-state index contributed by atoms with van der Waals surface area (Å²) >= 11 is 0. The second-order valence-corrected chi connectivity index (χ2v) is 11.2. The van der Waals surface area contributed by atoms with Crippen LogP contribution < -0.4 is 0 Å². The van der Waals surface area contributed by atoms with Crippen molar-refractivity contribution in [2.45, 2.75) is 155 Å². The van der Waals surface area contributed by atoms with Crippen molar-refractivity contribution in [3.05, 3.63) is 59.7 Å². The van der Waals surface area contributed by atoms with Gasteiger partial charge in [0.1, 0.15) is 0 Å². The normalized spacial score (nSPS) is 11.3. The molecule has 2 aromatic rings. The second-order valence-electron chi connectivity index (χ2n) is 11.2. The van der Waals surface area contributed by atoms with Crippen LogP contribution in [-0.2, 0) is 12.8 Å². The van der Waals surface area contributed by atoms with Crippen LogP contribution in [0.1, 0.15) is 153 Å². The third-order valence-electron chi connectivity index (χ3n) is 7.91. The fourth-order valence-corrected chi connectivity index (χ4v) is 5.52. The van der Waals surface area contributed by atoms with Crippen molar-refractivity contribution in [2.24, 2.45) is 0 Å². The van der Waals surface area contributed by atoms with Gasteiger partial charge in [-0.1, -0.05) is 178 Å². The van der Waals surface area contributed by atoms with E-state index in [9.17, 15) is 0 Å².